The van der Waals surface area contributed by atoms with Gasteiger partial charge in [-0.3, -0.25) is 19.7 Å². The van der Waals surface area contributed by atoms with Crippen LogP contribution in [0.15, 0.2) is 72.4 Å². The van der Waals surface area contributed by atoms with Crippen LogP contribution in [0.4, 0.5) is 21.5 Å². The van der Waals surface area contributed by atoms with Gasteiger partial charge in [0.05, 0.1) is 29.0 Å². The molecule has 4 rings (SSSR count). The van der Waals surface area contributed by atoms with Crippen molar-refractivity contribution < 1.29 is 23.6 Å². The number of benzene rings is 3. The molecule has 0 aromatic heterocycles. The number of nitrogens with zero attached hydrogens (tertiary/aromatic N) is 2. The summed E-state index contributed by atoms with van der Waals surface area (Å²) in [6.45, 7) is 1.85. The number of ether oxygens (including phenoxy) is 1. The number of nitrogens with one attached hydrogen (secondary N) is 1. The van der Waals surface area contributed by atoms with Gasteiger partial charge in [-0.15, -0.1) is 0 Å². The molecule has 3 aromatic rings. The van der Waals surface area contributed by atoms with E-state index in [9.17, 15) is 24.1 Å². The molecule has 1 aliphatic rings. The maximum Gasteiger partial charge on any atom is 0.282 e. The smallest absolute Gasteiger partial charge is 0.282 e. The Balaban J connectivity index is 1.87. The first-order valence-electron chi connectivity index (χ1n) is 9.86. The van der Waals surface area contributed by atoms with E-state index in [4.69, 9.17) is 4.74 Å². The van der Waals surface area contributed by atoms with Crippen molar-refractivity contribution in [1.29, 1.82) is 0 Å². The predicted octanol–water partition coefficient (Wildman–Crippen LogP) is 4.45. The van der Waals surface area contributed by atoms with Gasteiger partial charge in [0.2, 0.25) is 0 Å². The van der Waals surface area contributed by atoms with E-state index < -0.39 is 22.6 Å². The standard InChI is InChI=1S/C24H18FN3O5/c1-14-7-12-20(33-2)18(13-14)26-22-21(15-8-10-16(11-9-15)28(31)32)23(29)27(24(22)30)19-6-4-3-5-17(19)25/h3-13,26H,1-2H3. The lowest BCUT2D eigenvalue weighted by Crippen LogP contribution is -2.33. The summed E-state index contributed by atoms with van der Waals surface area (Å²) in [6, 6.07) is 15.9. The lowest BCUT2D eigenvalue weighted by Gasteiger charge is -2.16. The molecule has 0 radical (unpaired) electrons. The first kappa shape index (κ1) is 21.7. The Bertz CT molecular complexity index is 1320. The van der Waals surface area contributed by atoms with E-state index in [1.165, 1.54) is 49.6 Å². The van der Waals surface area contributed by atoms with E-state index in [-0.39, 0.29) is 28.2 Å². The molecule has 1 heterocycles. The van der Waals surface area contributed by atoms with Crippen LogP contribution in [0.5, 0.6) is 5.75 Å². The maximum absolute atomic E-state index is 14.5. The summed E-state index contributed by atoms with van der Waals surface area (Å²) in [4.78, 5) is 38.0. The lowest BCUT2D eigenvalue weighted by atomic mass is 10.0. The molecular formula is C24H18FN3O5. The highest BCUT2D eigenvalue weighted by molar-refractivity contribution is 6.46. The third-order valence-corrected chi connectivity index (χ3v) is 5.16. The summed E-state index contributed by atoms with van der Waals surface area (Å²) in [5.41, 5.74) is 1.08. The number of halogens is 1. The number of imide groups is 1. The molecule has 0 unspecified atom stereocenters. The molecule has 0 spiro atoms. The van der Waals surface area contributed by atoms with Crippen molar-refractivity contribution in [3.63, 3.8) is 0 Å². The number of para-hydroxylation sites is 1. The van der Waals surface area contributed by atoms with Crippen molar-refractivity contribution in [2.45, 2.75) is 6.92 Å². The molecule has 0 atom stereocenters. The highest BCUT2D eigenvalue weighted by Crippen LogP contribution is 2.37. The fourth-order valence-electron chi connectivity index (χ4n) is 3.57. The zero-order valence-electron chi connectivity index (χ0n) is 17.7. The number of nitro groups is 1. The Morgan fingerprint density at radius 2 is 1.70 bits per heavy atom. The molecule has 0 saturated carbocycles. The summed E-state index contributed by atoms with van der Waals surface area (Å²) >= 11 is 0. The number of hydrogen-bond donors (Lipinski definition) is 1. The Kier molecular flexibility index (Phi) is 5.61. The summed E-state index contributed by atoms with van der Waals surface area (Å²) in [5, 5.41) is 14.0. The number of aryl methyl sites for hydroxylation is 1. The number of methoxy groups -OCH3 is 1. The molecule has 1 N–H and O–H groups in total. The molecule has 3 aromatic carbocycles. The third kappa shape index (κ3) is 3.91. The number of hydrogen-bond acceptors (Lipinski definition) is 6. The van der Waals surface area contributed by atoms with Crippen molar-refractivity contribution in [1.82, 2.24) is 0 Å². The fourth-order valence-corrected chi connectivity index (χ4v) is 3.57. The fraction of sp³-hybridized carbons (Fsp3) is 0.0833. The molecule has 8 nitrogen and oxygen atoms in total. The molecule has 9 heteroatoms. The molecule has 0 bridgehead atoms. The number of amides is 2. The SMILES string of the molecule is COc1ccc(C)cc1NC1=C(c2ccc([N+](=O)[O-])cc2)C(=O)N(c2ccccc2F)C1=O. The van der Waals surface area contributed by atoms with E-state index in [1.54, 1.807) is 12.1 Å². The van der Waals surface area contributed by atoms with Gasteiger partial charge in [-0.2, -0.15) is 0 Å². The van der Waals surface area contributed by atoms with Crippen molar-refractivity contribution in [2.24, 2.45) is 0 Å². The van der Waals surface area contributed by atoms with E-state index in [0.717, 1.165) is 16.5 Å². The second-order valence-electron chi connectivity index (χ2n) is 7.28. The quantitative estimate of drug-likeness (QED) is 0.340. The Morgan fingerprint density at radius 1 is 1.00 bits per heavy atom. The molecular weight excluding hydrogens is 429 g/mol. The molecule has 1 aliphatic heterocycles. The molecule has 2 amide bonds. The third-order valence-electron chi connectivity index (χ3n) is 5.16. The maximum atomic E-state index is 14.5. The number of rotatable bonds is 6. The largest absolute Gasteiger partial charge is 0.495 e. The number of carbonyl (C=O) groups excluding carboxylic acids is 2. The van der Waals surface area contributed by atoms with Crippen LogP contribution in [-0.4, -0.2) is 23.8 Å². The minimum absolute atomic E-state index is 0.0401. The Hall–Kier alpha value is -4.53. The summed E-state index contributed by atoms with van der Waals surface area (Å²) in [5.74, 6) is -1.83. The highest BCUT2D eigenvalue weighted by atomic mass is 19.1. The van der Waals surface area contributed by atoms with Crippen LogP contribution in [0.2, 0.25) is 0 Å². The van der Waals surface area contributed by atoms with Crippen LogP contribution in [-0.2, 0) is 9.59 Å². The van der Waals surface area contributed by atoms with Crippen LogP contribution < -0.4 is 15.0 Å². The van der Waals surface area contributed by atoms with Crippen molar-refractivity contribution in [3.05, 3.63) is 99.5 Å². The van der Waals surface area contributed by atoms with Crippen LogP contribution in [0, 0.1) is 22.9 Å². The molecule has 0 saturated heterocycles. The van der Waals surface area contributed by atoms with Gasteiger partial charge in [0.25, 0.3) is 17.5 Å². The number of carbonyl (C=O) groups is 2. The van der Waals surface area contributed by atoms with Crippen molar-refractivity contribution >= 4 is 34.4 Å². The number of nitro benzene ring substituents is 1. The van der Waals surface area contributed by atoms with E-state index >= 15 is 0 Å². The van der Waals surface area contributed by atoms with Gasteiger partial charge >= 0.3 is 0 Å². The molecule has 0 aliphatic carbocycles. The van der Waals surface area contributed by atoms with Crippen LogP contribution in [0.3, 0.4) is 0 Å². The molecule has 33 heavy (non-hydrogen) atoms. The van der Waals surface area contributed by atoms with Crippen LogP contribution in [0.1, 0.15) is 11.1 Å². The van der Waals surface area contributed by atoms with Gasteiger partial charge in [0, 0.05) is 12.1 Å². The zero-order valence-corrected chi connectivity index (χ0v) is 17.7. The van der Waals surface area contributed by atoms with Crippen molar-refractivity contribution in [2.75, 3.05) is 17.3 Å². The second-order valence-corrected chi connectivity index (χ2v) is 7.28. The van der Waals surface area contributed by atoms with Gasteiger partial charge in [-0.05, 0) is 54.4 Å². The first-order chi connectivity index (χ1) is 15.8. The summed E-state index contributed by atoms with van der Waals surface area (Å²) in [6.07, 6.45) is 0. The van der Waals surface area contributed by atoms with E-state index in [0.29, 0.717) is 11.4 Å². The van der Waals surface area contributed by atoms with Crippen LogP contribution >= 0.6 is 0 Å². The average Bonchev–Trinajstić information content (AvgIpc) is 3.04. The van der Waals surface area contributed by atoms with Gasteiger partial charge in [-0.25, -0.2) is 9.29 Å². The topological polar surface area (TPSA) is 102 Å². The number of non-ortho nitro benzene ring substituents is 1. The normalized spacial score (nSPS) is 13.5. The van der Waals surface area contributed by atoms with Gasteiger partial charge < -0.3 is 10.1 Å². The second kappa shape index (κ2) is 8.54. The monoisotopic (exact) mass is 447 g/mol. The Morgan fingerprint density at radius 3 is 2.33 bits per heavy atom. The van der Waals surface area contributed by atoms with E-state index in [1.807, 2.05) is 13.0 Å². The minimum atomic E-state index is -0.762. The van der Waals surface area contributed by atoms with Gasteiger partial charge in [0.1, 0.15) is 17.3 Å². The van der Waals surface area contributed by atoms with Gasteiger partial charge in [-0.1, -0.05) is 18.2 Å². The lowest BCUT2D eigenvalue weighted by molar-refractivity contribution is -0.384. The van der Waals surface area contributed by atoms with E-state index in [2.05, 4.69) is 5.32 Å². The number of anilines is 2. The zero-order chi connectivity index (χ0) is 23.7. The highest BCUT2D eigenvalue weighted by Gasteiger charge is 2.41. The predicted molar refractivity (Wildman–Crippen MR) is 120 cm³/mol. The first-order valence-corrected chi connectivity index (χ1v) is 9.86. The average molecular weight is 447 g/mol. The minimum Gasteiger partial charge on any atom is -0.495 e. The van der Waals surface area contributed by atoms with Crippen LogP contribution in [0.25, 0.3) is 5.57 Å². The molecule has 0 fully saturated rings. The van der Waals surface area contributed by atoms with Crippen molar-refractivity contribution in [3.8, 4) is 5.75 Å². The summed E-state index contributed by atoms with van der Waals surface area (Å²) < 4.78 is 19.9. The summed E-state index contributed by atoms with van der Waals surface area (Å²) in [7, 11) is 1.47. The Labute approximate surface area is 188 Å². The molecule has 166 valence electrons. The van der Waals surface area contributed by atoms with Gasteiger partial charge in [0.15, 0.2) is 0 Å².